The second kappa shape index (κ2) is 5.98. The maximum Gasteiger partial charge on any atom is 0.119 e. The largest absolute Gasteiger partial charge is 0.497 e. The maximum absolute atomic E-state index is 6.02. The van der Waals surface area contributed by atoms with Crippen molar-refractivity contribution in [2.45, 2.75) is 32.2 Å². The zero-order valence-corrected chi connectivity index (χ0v) is 13.2. The first-order valence-electron chi connectivity index (χ1n) is 7.34. The van der Waals surface area contributed by atoms with E-state index < -0.39 is 0 Å². The highest BCUT2D eigenvalue weighted by atomic mass is 35.5. The number of nitrogens with one attached hydrogen (secondary N) is 1. The Balaban J connectivity index is 1.76. The molecule has 21 heavy (non-hydrogen) atoms. The summed E-state index contributed by atoms with van der Waals surface area (Å²) in [5, 5.41) is 4.44. The number of methoxy groups -OCH3 is 1. The van der Waals surface area contributed by atoms with E-state index in [1.165, 1.54) is 22.4 Å². The van der Waals surface area contributed by atoms with E-state index in [1.807, 2.05) is 12.1 Å². The van der Waals surface area contributed by atoms with Crippen LogP contribution in [0.5, 0.6) is 5.75 Å². The number of halogens is 1. The SMILES string of the molecule is COc1ccc2c(c1)CC(Nc1ccc(Cl)cc1C)CC2. The van der Waals surface area contributed by atoms with Crippen molar-refractivity contribution in [3.8, 4) is 5.75 Å². The van der Waals surface area contributed by atoms with Crippen LogP contribution < -0.4 is 10.1 Å². The van der Waals surface area contributed by atoms with Crippen LogP contribution in [0.25, 0.3) is 0 Å². The summed E-state index contributed by atoms with van der Waals surface area (Å²) >= 11 is 6.02. The Labute approximate surface area is 131 Å². The predicted octanol–water partition coefficient (Wildman–Crippen LogP) is 4.63. The molecule has 0 spiro atoms. The van der Waals surface area contributed by atoms with Crippen LogP contribution >= 0.6 is 11.6 Å². The van der Waals surface area contributed by atoms with Crippen LogP contribution in [0, 0.1) is 6.92 Å². The number of ether oxygens (including phenoxy) is 1. The molecule has 1 aliphatic rings. The number of benzene rings is 2. The minimum Gasteiger partial charge on any atom is -0.497 e. The molecule has 0 aromatic heterocycles. The standard InChI is InChI=1S/C18H20ClNO/c1-12-9-15(19)5-8-18(12)20-16-6-3-13-4-7-17(21-2)11-14(13)10-16/h4-5,7-9,11,16,20H,3,6,10H2,1-2H3. The van der Waals surface area contributed by atoms with Gasteiger partial charge in [-0.3, -0.25) is 0 Å². The highest BCUT2D eigenvalue weighted by Gasteiger charge is 2.19. The quantitative estimate of drug-likeness (QED) is 0.892. The third kappa shape index (κ3) is 3.16. The van der Waals surface area contributed by atoms with E-state index in [4.69, 9.17) is 16.3 Å². The second-order valence-electron chi connectivity index (χ2n) is 5.68. The molecule has 3 heteroatoms. The summed E-state index contributed by atoms with van der Waals surface area (Å²) in [5.74, 6) is 0.942. The number of hydrogen-bond acceptors (Lipinski definition) is 2. The molecule has 2 nitrogen and oxygen atoms in total. The summed E-state index contributed by atoms with van der Waals surface area (Å²) < 4.78 is 5.33. The molecule has 2 aromatic carbocycles. The Hall–Kier alpha value is -1.67. The number of rotatable bonds is 3. The van der Waals surface area contributed by atoms with E-state index in [0.717, 1.165) is 30.0 Å². The lowest BCUT2D eigenvalue weighted by molar-refractivity contribution is 0.413. The van der Waals surface area contributed by atoms with Crippen molar-refractivity contribution in [1.29, 1.82) is 0 Å². The summed E-state index contributed by atoms with van der Waals surface area (Å²) in [6.07, 6.45) is 3.31. The predicted molar refractivity (Wildman–Crippen MR) is 88.6 cm³/mol. The van der Waals surface area contributed by atoms with E-state index in [1.54, 1.807) is 7.11 Å². The lowest BCUT2D eigenvalue weighted by atomic mass is 9.88. The molecule has 0 saturated heterocycles. The van der Waals surface area contributed by atoms with Gasteiger partial charge in [0, 0.05) is 16.8 Å². The normalized spacial score (nSPS) is 17.2. The first-order valence-corrected chi connectivity index (χ1v) is 7.72. The fourth-order valence-electron chi connectivity index (χ4n) is 2.99. The third-order valence-corrected chi connectivity index (χ3v) is 4.43. The van der Waals surface area contributed by atoms with Crippen molar-refractivity contribution in [3.05, 3.63) is 58.1 Å². The van der Waals surface area contributed by atoms with Gasteiger partial charge < -0.3 is 10.1 Å². The van der Waals surface area contributed by atoms with E-state index in [2.05, 4.69) is 36.5 Å². The van der Waals surface area contributed by atoms with Crippen LogP contribution in [0.15, 0.2) is 36.4 Å². The average Bonchev–Trinajstić information content (AvgIpc) is 2.49. The molecule has 1 unspecified atom stereocenters. The first-order chi connectivity index (χ1) is 10.2. The number of anilines is 1. The van der Waals surface area contributed by atoms with Gasteiger partial charge in [-0.25, -0.2) is 0 Å². The van der Waals surface area contributed by atoms with Crippen molar-refractivity contribution in [3.63, 3.8) is 0 Å². The Morgan fingerprint density at radius 2 is 2.00 bits per heavy atom. The molecule has 3 rings (SSSR count). The summed E-state index contributed by atoms with van der Waals surface area (Å²) in [5.41, 5.74) is 5.21. The lowest BCUT2D eigenvalue weighted by Crippen LogP contribution is -2.27. The van der Waals surface area contributed by atoms with Gasteiger partial charge in [0.1, 0.15) is 5.75 Å². The maximum atomic E-state index is 6.02. The van der Waals surface area contributed by atoms with Gasteiger partial charge in [0.15, 0.2) is 0 Å². The van der Waals surface area contributed by atoms with Gasteiger partial charge in [-0.15, -0.1) is 0 Å². The van der Waals surface area contributed by atoms with E-state index >= 15 is 0 Å². The average molecular weight is 302 g/mol. The van der Waals surface area contributed by atoms with Gasteiger partial charge in [-0.2, -0.15) is 0 Å². The van der Waals surface area contributed by atoms with Gasteiger partial charge in [-0.1, -0.05) is 17.7 Å². The molecule has 1 aliphatic carbocycles. The molecular formula is C18H20ClNO. The molecule has 0 bridgehead atoms. The molecule has 2 aromatic rings. The molecule has 1 atom stereocenters. The Kier molecular flexibility index (Phi) is 4.07. The van der Waals surface area contributed by atoms with Crippen LogP contribution in [0.4, 0.5) is 5.69 Å². The minimum absolute atomic E-state index is 0.462. The summed E-state index contributed by atoms with van der Waals surface area (Å²) in [6.45, 7) is 2.09. The molecule has 1 N–H and O–H groups in total. The monoisotopic (exact) mass is 301 g/mol. The van der Waals surface area contributed by atoms with E-state index in [0.29, 0.717) is 6.04 Å². The Bertz CT molecular complexity index is 654. The summed E-state index contributed by atoms with van der Waals surface area (Å²) in [4.78, 5) is 0. The molecule has 0 saturated carbocycles. The Morgan fingerprint density at radius 3 is 2.76 bits per heavy atom. The fourth-order valence-corrected chi connectivity index (χ4v) is 3.22. The van der Waals surface area contributed by atoms with Crippen LogP contribution in [0.1, 0.15) is 23.1 Å². The second-order valence-corrected chi connectivity index (χ2v) is 6.11. The van der Waals surface area contributed by atoms with Gasteiger partial charge >= 0.3 is 0 Å². The topological polar surface area (TPSA) is 21.3 Å². The summed E-state index contributed by atoms with van der Waals surface area (Å²) in [7, 11) is 1.72. The van der Waals surface area contributed by atoms with Crippen LogP contribution in [0.2, 0.25) is 5.02 Å². The molecule has 0 radical (unpaired) electrons. The number of aryl methyl sites for hydroxylation is 2. The molecule has 0 aliphatic heterocycles. The van der Waals surface area contributed by atoms with Gasteiger partial charge in [0.2, 0.25) is 0 Å². The number of hydrogen-bond donors (Lipinski definition) is 1. The zero-order chi connectivity index (χ0) is 14.8. The zero-order valence-electron chi connectivity index (χ0n) is 12.4. The lowest BCUT2D eigenvalue weighted by Gasteiger charge is -2.27. The van der Waals surface area contributed by atoms with Crippen LogP contribution in [-0.4, -0.2) is 13.2 Å². The van der Waals surface area contributed by atoms with Gasteiger partial charge in [0.25, 0.3) is 0 Å². The fraction of sp³-hybridized carbons (Fsp3) is 0.333. The van der Waals surface area contributed by atoms with Crippen molar-refractivity contribution < 1.29 is 4.74 Å². The number of fused-ring (bicyclic) bond motifs is 1. The molecule has 0 heterocycles. The highest BCUT2D eigenvalue weighted by molar-refractivity contribution is 6.30. The Morgan fingerprint density at radius 1 is 1.14 bits per heavy atom. The molecular weight excluding hydrogens is 282 g/mol. The van der Waals surface area contributed by atoms with Crippen LogP contribution in [0.3, 0.4) is 0 Å². The smallest absolute Gasteiger partial charge is 0.119 e. The molecule has 0 amide bonds. The minimum atomic E-state index is 0.462. The highest BCUT2D eigenvalue weighted by Crippen LogP contribution is 2.28. The van der Waals surface area contributed by atoms with Crippen molar-refractivity contribution in [2.75, 3.05) is 12.4 Å². The molecule has 0 fully saturated rings. The van der Waals surface area contributed by atoms with Crippen molar-refractivity contribution in [2.24, 2.45) is 0 Å². The van der Waals surface area contributed by atoms with Crippen LogP contribution in [-0.2, 0) is 12.8 Å². The van der Waals surface area contributed by atoms with Gasteiger partial charge in [0.05, 0.1) is 7.11 Å². The van der Waals surface area contributed by atoms with Crippen molar-refractivity contribution in [1.82, 2.24) is 0 Å². The third-order valence-electron chi connectivity index (χ3n) is 4.19. The van der Waals surface area contributed by atoms with Gasteiger partial charge in [-0.05, 0) is 73.2 Å². The van der Waals surface area contributed by atoms with E-state index in [9.17, 15) is 0 Å². The molecule has 110 valence electrons. The van der Waals surface area contributed by atoms with E-state index in [-0.39, 0.29) is 0 Å². The summed E-state index contributed by atoms with van der Waals surface area (Å²) in [6, 6.07) is 12.9. The first kappa shape index (κ1) is 14.3. The van der Waals surface area contributed by atoms with Crippen molar-refractivity contribution >= 4 is 17.3 Å².